The van der Waals surface area contributed by atoms with E-state index in [4.69, 9.17) is 0 Å². The van der Waals surface area contributed by atoms with E-state index in [0.29, 0.717) is 17.0 Å². The summed E-state index contributed by atoms with van der Waals surface area (Å²) in [5.74, 6) is -0.279. The third-order valence-electron chi connectivity index (χ3n) is 4.01. The lowest BCUT2D eigenvalue weighted by Crippen LogP contribution is -2.36. The smallest absolute Gasteiger partial charge is 0.391 e. The Hall–Kier alpha value is -1.57. The molecular formula is C15H24F3N3O2. The average molecular weight is 335 g/mol. The van der Waals surface area contributed by atoms with E-state index in [1.807, 2.05) is 13.8 Å². The van der Waals surface area contributed by atoms with Crippen LogP contribution in [0.2, 0.25) is 0 Å². The molecule has 132 valence electrons. The molecule has 0 saturated carbocycles. The first-order chi connectivity index (χ1) is 10.5. The van der Waals surface area contributed by atoms with Gasteiger partial charge >= 0.3 is 6.18 Å². The topological polar surface area (TPSA) is 67.2 Å². The number of hydrogen-bond acceptors (Lipinski definition) is 3. The van der Waals surface area contributed by atoms with Gasteiger partial charge in [-0.3, -0.25) is 9.48 Å². The number of aliphatic hydroxyl groups is 1. The maximum absolute atomic E-state index is 12.5. The first-order valence-electron chi connectivity index (χ1n) is 7.59. The molecule has 1 amide bonds. The Kier molecular flexibility index (Phi) is 6.61. The minimum Gasteiger partial charge on any atom is -0.391 e. The lowest BCUT2D eigenvalue weighted by atomic mass is 10.0. The summed E-state index contributed by atoms with van der Waals surface area (Å²) in [7, 11) is 0. The molecule has 2 N–H and O–H groups in total. The Balaban J connectivity index is 2.68. The molecule has 8 heteroatoms. The third-order valence-corrected chi connectivity index (χ3v) is 4.01. The zero-order valence-corrected chi connectivity index (χ0v) is 13.9. The van der Waals surface area contributed by atoms with Crippen LogP contribution in [0.4, 0.5) is 13.2 Å². The Morgan fingerprint density at radius 2 is 2.00 bits per heavy atom. The van der Waals surface area contributed by atoms with Gasteiger partial charge in [0.25, 0.3) is 0 Å². The summed E-state index contributed by atoms with van der Waals surface area (Å²) in [4.78, 5) is 11.9. The molecule has 1 heterocycles. The number of amides is 1. The van der Waals surface area contributed by atoms with E-state index < -0.39 is 18.8 Å². The standard InChI is InChI=1S/C15H24F3N3O2/c1-5-9(2)13(22)7-19-14(23)6-12-10(3)20-21(11(12)4)8-15(16,17)18/h9,13,22H,5-8H2,1-4H3,(H,19,23). The van der Waals surface area contributed by atoms with Gasteiger partial charge in [0.05, 0.1) is 18.2 Å². The van der Waals surface area contributed by atoms with Crippen molar-refractivity contribution in [3.8, 4) is 0 Å². The van der Waals surface area contributed by atoms with Gasteiger partial charge in [0.15, 0.2) is 0 Å². The molecule has 0 aromatic carbocycles. The van der Waals surface area contributed by atoms with Gasteiger partial charge in [0.2, 0.25) is 5.91 Å². The maximum Gasteiger partial charge on any atom is 0.408 e. The van der Waals surface area contributed by atoms with E-state index in [0.717, 1.165) is 11.1 Å². The number of carbonyl (C=O) groups is 1. The van der Waals surface area contributed by atoms with E-state index in [9.17, 15) is 23.1 Å². The molecule has 5 nitrogen and oxygen atoms in total. The highest BCUT2D eigenvalue weighted by molar-refractivity contribution is 5.79. The summed E-state index contributed by atoms with van der Waals surface area (Å²) < 4.78 is 38.3. The lowest BCUT2D eigenvalue weighted by Gasteiger charge is -2.17. The highest BCUT2D eigenvalue weighted by Gasteiger charge is 2.30. The van der Waals surface area contributed by atoms with Crippen LogP contribution in [0.25, 0.3) is 0 Å². The van der Waals surface area contributed by atoms with Crippen molar-refractivity contribution in [1.82, 2.24) is 15.1 Å². The molecular weight excluding hydrogens is 311 g/mol. The predicted octanol–water partition coefficient (Wildman–Crippen LogP) is 2.13. The zero-order valence-electron chi connectivity index (χ0n) is 13.9. The Morgan fingerprint density at radius 3 is 2.52 bits per heavy atom. The van der Waals surface area contributed by atoms with Crippen LogP contribution in [0.5, 0.6) is 0 Å². The lowest BCUT2D eigenvalue weighted by molar-refractivity contribution is -0.142. The largest absolute Gasteiger partial charge is 0.408 e. The fourth-order valence-electron chi connectivity index (χ4n) is 2.23. The van der Waals surface area contributed by atoms with Gasteiger partial charge in [-0.15, -0.1) is 0 Å². The number of hydrogen-bond donors (Lipinski definition) is 2. The summed E-state index contributed by atoms with van der Waals surface area (Å²) in [5, 5.41) is 16.3. The van der Waals surface area contributed by atoms with Crippen LogP contribution in [0.15, 0.2) is 0 Å². The molecule has 0 aliphatic carbocycles. The number of halogens is 3. The van der Waals surface area contributed by atoms with E-state index >= 15 is 0 Å². The first-order valence-corrected chi connectivity index (χ1v) is 7.59. The number of carbonyl (C=O) groups excluding carboxylic acids is 1. The van der Waals surface area contributed by atoms with Crippen LogP contribution < -0.4 is 5.32 Å². The minimum absolute atomic E-state index is 0.0528. The van der Waals surface area contributed by atoms with Crippen LogP contribution in [0.1, 0.15) is 37.2 Å². The molecule has 23 heavy (non-hydrogen) atoms. The average Bonchev–Trinajstić information content (AvgIpc) is 2.69. The number of aryl methyl sites for hydroxylation is 1. The van der Waals surface area contributed by atoms with Crippen LogP contribution in [-0.2, 0) is 17.8 Å². The van der Waals surface area contributed by atoms with Gasteiger partial charge in [-0.2, -0.15) is 18.3 Å². The fraction of sp³-hybridized carbons (Fsp3) is 0.733. The number of rotatable bonds is 7. The number of nitrogens with one attached hydrogen (secondary N) is 1. The van der Waals surface area contributed by atoms with E-state index in [1.54, 1.807) is 6.92 Å². The van der Waals surface area contributed by atoms with Gasteiger partial charge in [-0.25, -0.2) is 0 Å². The fourth-order valence-corrected chi connectivity index (χ4v) is 2.23. The summed E-state index contributed by atoms with van der Waals surface area (Å²) >= 11 is 0. The minimum atomic E-state index is -4.36. The van der Waals surface area contributed by atoms with Crippen LogP contribution in [-0.4, -0.2) is 39.6 Å². The van der Waals surface area contributed by atoms with Gasteiger partial charge < -0.3 is 10.4 Å². The quantitative estimate of drug-likeness (QED) is 0.802. The Bertz CT molecular complexity index is 541. The number of alkyl halides is 3. The van der Waals surface area contributed by atoms with E-state index in [-0.39, 0.29) is 24.8 Å². The SMILES string of the molecule is CCC(C)C(O)CNC(=O)Cc1c(C)nn(CC(F)(F)F)c1C. The van der Waals surface area contributed by atoms with Crippen molar-refractivity contribution in [2.45, 2.75) is 59.4 Å². The molecule has 0 fully saturated rings. The maximum atomic E-state index is 12.5. The third kappa shape index (κ3) is 5.85. The van der Waals surface area contributed by atoms with Crippen LogP contribution in [0, 0.1) is 19.8 Å². The molecule has 2 unspecified atom stereocenters. The molecule has 1 aromatic heterocycles. The highest BCUT2D eigenvalue weighted by atomic mass is 19.4. The number of aromatic nitrogens is 2. The molecule has 0 aliphatic heterocycles. The number of aliphatic hydroxyl groups excluding tert-OH is 1. The summed E-state index contributed by atoms with van der Waals surface area (Å²) in [6.07, 6.45) is -4.26. The molecule has 1 aromatic rings. The normalized spacial score (nSPS) is 14.6. The molecule has 0 aliphatic rings. The zero-order chi connectivity index (χ0) is 17.8. The van der Waals surface area contributed by atoms with Crippen LogP contribution >= 0.6 is 0 Å². The first kappa shape index (κ1) is 19.5. The summed E-state index contributed by atoms with van der Waals surface area (Å²) in [5.41, 5.74) is 1.23. The summed E-state index contributed by atoms with van der Waals surface area (Å²) in [6.45, 7) is 5.87. The van der Waals surface area contributed by atoms with E-state index in [1.165, 1.54) is 6.92 Å². The van der Waals surface area contributed by atoms with Gasteiger partial charge in [-0.05, 0) is 19.8 Å². The van der Waals surface area contributed by atoms with Crippen molar-refractivity contribution >= 4 is 5.91 Å². The van der Waals surface area contributed by atoms with Crippen molar-refractivity contribution in [3.63, 3.8) is 0 Å². The van der Waals surface area contributed by atoms with E-state index in [2.05, 4.69) is 10.4 Å². The summed E-state index contributed by atoms with van der Waals surface area (Å²) in [6, 6.07) is 0. The van der Waals surface area contributed by atoms with Crippen molar-refractivity contribution in [3.05, 3.63) is 17.0 Å². The second-order valence-electron chi connectivity index (χ2n) is 5.86. The van der Waals surface area contributed by atoms with Gasteiger partial charge in [0, 0.05) is 17.8 Å². The molecule has 0 spiro atoms. The number of nitrogens with zero attached hydrogens (tertiary/aromatic N) is 2. The monoisotopic (exact) mass is 335 g/mol. The Labute approximate surface area is 133 Å². The second kappa shape index (κ2) is 7.81. The van der Waals surface area contributed by atoms with Crippen molar-refractivity contribution in [1.29, 1.82) is 0 Å². The van der Waals surface area contributed by atoms with Crippen molar-refractivity contribution in [2.24, 2.45) is 5.92 Å². The second-order valence-corrected chi connectivity index (χ2v) is 5.86. The van der Waals surface area contributed by atoms with Crippen LogP contribution in [0.3, 0.4) is 0 Å². The highest BCUT2D eigenvalue weighted by Crippen LogP contribution is 2.21. The molecule has 0 saturated heterocycles. The molecule has 0 radical (unpaired) electrons. The van der Waals surface area contributed by atoms with Gasteiger partial charge in [0.1, 0.15) is 6.54 Å². The molecule has 2 atom stereocenters. The van der Waals surface area contributed by atoms with Crippen molar-refractivity contribution in [2.75, 3.05) is 6.54 Å². The van der Waals surface area contributed by atoms with Gasteiger partial charge in [-0.1, -0.05) is 20.3 Å². The molecule has 1 rings (SSSR count). The van der Waals surface area contributed by atoms with Crippen molar-refractivity contribution < 1.29 is 23.1 Å². The molecule has 0 bridgehead atoms. The predicted molar refractivity (Wildman–Crippen MR) is 79.9 cm³/mol. The Morgan fingerprint density at radius 1 is 1.39 bits per heavy atom.